The molecule has 25 heavy (non-hydrogen) atoms. The molecule has 1 amide bonds. The summed E-state index contributed by atoms with van der Waals surface area (Å²) in [6.45, 7) is 0.768. The van der Waals surface area contributed by atoms with Gasteiger partial charge >= 0.3 is 0 Å². The van der Waals surface area contributed by atoms with E-state index in [4.69, 9.17) is 9.47 Å². The third kappa shape index (κ3) is 3.90. The van der Waals surface area contributed by atoms with Gasteiger partial charge in [-0.05, 0) is 43.2 Å². The summed E-state index contributed by atoms with van der Waals surface area (Å²) in [5.74, 6) is 0.0348. The van der Waals surface area contributed by atoms with Crippen LogP contribution in [0.15, 0.2) is 36.4 Å². The number of methoxy groups -OCH3 is 1. The summed E-state index contributed by atoms with van der Waals surface area (Å²) < 4.78 is 37.8. The molecular weight excluding hydrogens is 328 g/mol. The number of benzene rings is 2. The molecule has 2 aromatic carbocycles. The van der Waals surface area contributed by atoms with Crippen LogP contribution in [-0.4, -0.2) is 26.2 Å². The van der Waals surface area contributed by atoms with Crippen LogP contribution in [0.5, 0.6) is 11.5 Å². The molecule has 0 radical (unpaired) electrons. The lowest BCUT2D eigenvalue weighted by atomic mass is 10.1. The average Bonchev–Trinajstić information content (AvgIpc) is 3.03. The molecule has 0 saturated heterocycles. The standard InChI is InChI=1S/C19H19F2NO3/c1-24-14-4-6-15(7-5-14)25-10-2-3-19(23)22-9-8-16-17(21)11-13(20)12-18(16)22/h4-7,11-12H,2-3,8-10H2,1H3. The van der Waals surface area contributed by atoms with Crippen molar-refractivity contribution in [2.45, 2.75) is 19.3 Å². The second kappa shape index (κ2) is 7.51. The lowest BCUT2D eigenvalue weighted by Crippen LogP contribution is -2.29. The highest BCUT2D eigenvalue weighted by atomic mass is 19.1. The van der Waals surface area contributed by atoms with Crippen LogP contribution in [0.2, 0.25) is 0 Å². The predicted octanol–water partition coefficient (Wildman–Crippen LogP) is 3.72. The zero-order chi connectivity index (χ0) is 17.8. The summed E-state index contributed by atoms with van der Waals surface area (Å²) in [6.07, 6.45) is 1.19. The Hall–Kier alpha value is -2.63. The van der Waals surface area contributed by atoms with Gasteiger partial charge in [-0.3, -0.25) is 4.79 Å². The maximum absolute atomic E-state index is 13.7. The van der Waals surface area contributed by atoms with Crippen LogP contribution in [0.25, 0.3) is 0 Å². The number of carbonyl (C=O) groups is 1. The molecule has 0 N–H and O–H groups in total. The molecule has 3 rings (SSSR count). The molecule has 6 heteroatoms. The van der Waals surface area contributed by atoms with Gasteiger partial charge in [0.1, 0.15) is 23.1 Å². The Kier molecular flexibility index (Phi) is 5.16. The van der Waals surface area contributed by atoms with E-state index in [1.54, 1.807) is 31.4 Å². The smallest absolute Gasteiger partial charge is 0.227 e. The molecule has 132 valence electrons. The predicted molar refractivity (Wildman–Crippen MR) is 90.1 cm³/mol. The zero-order valence-corrected chi connectivity index (χ0v) is 13.9. The number of carbonyl (C=O) groups excluding carboxylic acids is 1. The van der Waals surface area contributed by atoms with E-state index in [-0.39, 0.29) is 12.3 Å². The Morgan fingerprint density at radius 2 is 1.88 bits per heavy atom. The molecule has 0 aromatic heterocycles. The minimum Gasteiger partial charge on any atom is -0.497 e. The molecule has 4 nitrogen and oxygen atoms in total. The van der Waals surface area contributed by atoms with Gasteiger partial charge < -0.3 is 14.4 Å². The maximum Gasteiger partial charge on any atom is 0.227 e. The summed E-state index contributed by atoms with van der Waals surface area (Å²) >= 11 is 0. The van der Waals surface area contributed by atoms with Gasteiger partial charge in [-0.1, -0.05) is 0 Å². The molecule has 2 aromatic rings. The van der Waals surface area contributed by atoms with Crippen LogP contribution >= 0.6 is 0 Å². The van der Waals surface area contributed by atoms with E-state index >= 15 is 0 Å². The number of nitrogens with zero attached hydrogens (tertiary/aromatic N) is 1. The van der Waals surface area contributed by atoms with Gasteiger partial charge in [0.15, 0.2) is 0 Å². The molecule has 0 unspecified atom stereocenters. The van der Waals surface area contributed by atoms with Crippen molar-refractivity contribution in [3.05, 3.63) is 53.6 Å². The molecular formula is C19H19F2NO3. The molecule has 0 aliphatic carbocycles. The summed E-state index contributed by atoms with van der Waals surface area (Å²) in [4.78, 5) is 13.8. The second-order valence-corrected chi connectivity index (χ2v) is 5.81. The minimum absolute atomic E-state index is 0.151. The Balaban J connectivity index is 1.51. The largest absolute Gasteiger partial charge is 0.497 e. The van der Waals surface area contributed by atoms with Crippen LogP contribution in [0.1, 0.15) is 18.4 Å². The first kappa shape index (κ1) is 17.2. The van der Waals surface area contributed by atoms with Gasteiger partial charge in [-0.2, -0.15) is 0 Å². The number of hydrogen-bond donors (Lipinski definition) is 0. The highest BCUT2D eigenvalue weighted by Crippen LogP contribution is 2.31. The summed E-state index contributed by atoms with van der Waals surface area (Å²) in [6, 6.07) is 9.26. The monoisotopic (exact) mass is 347 g/mol. The molecule has 0 atom stereocenters. The van der Waals surface area contributed by atoms with Crippen molar-refractivity contribution in [1.82, 2.24) is 0 Å². The van der Waals surface area contributed by atoms with Crippen LogP contribution in [0, 0.1) is 11.6 Å². The van der Waals surface area contributed by atoms with Crippen molar-refractivity contribution in [3.8, 4) is 11.5 Å². The quantitative estimate of drug-likeness (QED) is 0.748. The number of ether oxygens (including phenoxy) is 2. The van der Waals surface area contributed by atoms with Gasteiger partial charge in [-0.15, -0.1) is 0 Å². The lowest BCUT2D eigenvalue weighted by Gasteiger charge is -2.17. The van der Waals surface area contributed by atoms with Crippen molar-refractivity contribution < 1.29 is 23.0 Å². The average molecular weight is 347 g/mol. The molecule has 0 spiro atoms. The van der Waals surface area contributed by atoms with E-state index in [1.807, 2.05) is 0 Å². The third-order valence-electron chi connectivity index (χ3n) is 4.18. The maximum atomic E-state index is 13.7. The van der Waals surface area contributed by atoms with E-state index < -0.39 is 11.6 Å². The second-order valence-electron chi connectivity index (χ2n) is 5.81. The highest BCUT2D eigenvalue weighted by Gasteiger charge is 2.27. The van der Waals surface area contributed by atoms with Crippen LogP contribution in [-0.2, 0) is 11.2 Å². The fourth-order valence-electron chi connectivity index (χ4n) is 2.90. The summed E-state index contributed by atoms with van der Waals surface area (Å²) in [5, 5.41) is 0. The lowest BCUT2D eigenvalue weighted by molar-refractivity contribution is -0.118. The first-order valence-corrected chi connectivity index (χ1v) is 8.13. The van der Waals surface area contributed by atoms with E-state index in [9.17, 15) is 13.6 Å². The normalized spacial score (nSPS) is 12.8. The first-order chi connectivity index (χ1) is 12.1. The zero-order valence-electron chi connectivity index (χ0n) is 13.9. The molecule has 0 fully saturated rings. The van der Waals surface area contributed by atoms with Crippen LogP contribution in [0.4, 0.5) is 14.5 Å². The van der Waals surface area contributed by atoms with Gasteiger partial charge in [-0.25, -0.2) is 8.78 Å². The number of anilines is 1. The molecule has 1 aliphatic heterocycles. The van der Waals surface area contributed by atoms with Crippen molar-refractivity contribution in [2.75, 3.05) is 25.2 Å². The summed E-state index contributed by atoms with van der Waals surface area (Å²) in [7, 11) is 1.59. The number of fused-ring (bicyclic) bond motifs is 1. The SMILES string of the molecule is COc1ccc(OCCCC(=O)N2CCc3c(F)cc(F)cc32)cc1. The molecule has 1 aliphatic rings. The van der Waals surface area contributed by atoms with Crippen molar-refractivity contribution >= 4 is 11.6 Å². The fourth-order valence-corrected chi connectivity index (χ4v) is 2.90. The van der Waals surface area contributed by atoms with Crippen molar-refractivity contribution in [2.24, 2.45) is 0 Å². The molecule has 0 bridgehead atoms. The number of rotatable bonds is 6. The summed E-state index contributed by atoms with van der Waals surface area (Å²) in [5.41, 5.74) is 0.753. The third-order valence-corrected chi connectivity index (χ3v) is 4.18. The minimum atomic E-state index is -0.668. The molecule has 1 heterocycles. The number of amides is 1. The van der Waals surface area contributed by atoms with Gasteiger partial charge in [0, 0.05) is 24.6 Å². The van der Waals surface area contributed by atoms with Gasteiger partial charge in [0.2, 0.25) is 5.91 Å². The van der Waals surface area contributed by atoms with Crippen LogP contribution in [0.3, 0.4) is 0 Å². The highest BCUT2D eigenvalue weighted by molar-refractivity contribution is 5.95. The van der Waals surface area contributed by atoms with Crippen molar-refractivity contribution in [1.29, 1.82) is 0 Å². The van der Waals surface area contributed by atoms with Gasteiger partial charge in [0.05, 0.1) is 19.4 Å². The number of hydrogen-bond acceptors (Lipinski definition) is 3. The Morgan fingerprint density at radius 3 is 2.60 bits per heavy atom. The van der Waals surface area contributed by atoms with E-state index in [1.165, 1.54) is 11.0 Å². The first-order valence-electron chi connectivity index (χ1n) is 8.13. The van der Waals surface area contributed by atoms with Crippen LogP contribution < -0.4 is 14.4 Å². The number of halogens is 2. The Bertz CT molecular complexity index is 762. The fraction of sp³-hybridized carbons (Fsp3) is 0.316. The molecule has 0 saturated carbocycles. The van der Waals surface area contributed by atoms with E-state index in [0.717, 1.165) is 11.8 Å². The van der Waals surface area contributed by atoms with Crippen molar-refractivity contribution in [3.63, 3.8) is 0 Å². The van der Waals surface area contributed by atoms with E-state index in [2.05, 4.69) is 0 Å². The van der Waals surface area contributed by atoms with E-state index in [0.29, 0.717) is 43.0 Å². The van der Waals surface area contributed by atoms with Gasteiger partial charge in [0.25, 0.3) is 0 Å². The Labute approximate surface area is 145 Å². The topological polar surface area (TPSA) is 38.8 Å². The Morgan fingerprint density at radius 1 is 1.16 bits per heavy atom.